The third-order valence-corrected chi connectivity index (χ3v) is 6.38. The molecule has 0 saturated carbocycles. The number of piperidine rings is 1. The van der Waals surface area contributed by atoms with E-state index < -0.39 is 0 Å². The molecule has 170 valence electrons. The summed E-state index contributed by atoms with van der Waals surface area (Å²) in [5, 5.41) is 14.1. The highest BCUT2D eigenvalue weighted by molar-refractivity contribution is 6.32. The average Bonchev–Trinajstić information content (AvgIpc) is 3.18. The van der Waals surface area contributed by atoms with Gasteiger partial charge >= 0.3 is 0 Å². The van der Waals surface area contributed by atoms with E-state index in [2.05, 4.69) is 68.7 Å². The Balaban J connectivity index is 1.58. The van der Waals surface area contributed by atoms with Crippen molar-refractivity contribution in [1.29, 1.82) is 0 Å². The van der Waals surface area contributed by atoms with Crippen molar-refractivity contribution in [2.75, 3.05) is 30.8 Å². The lowest BCUT2D eigenvalue weighted by atomic mass is 9.84. The highest BCUT2D eigenvalue weighted by atomic mass is 35.5. The topological polar surface area (TPSA) is 81.8 Å². The number of H-pyrrole nitrogens is 1. The van der Waals surface area contributed by atoms with E-state index in [4.69, 9.17) is 11.6 Å². The number of nitrogens with zero attached hydrogens (tertiary/aromatic N) is 4. The Morgan fingerprint density at radius 3 is 2.62 bits per heavy atom. The Hall–Kier alpha value is -2.64. The molecule has 3 N–H and O–H groups in total. The zero-order chi connectivity index (χ0) is 22.7. The summed E-state index contributed by atoms with van der Waals surface area (Å²) in [5.74, 6) is 2.32. The van der Waals surface area contributed by atoms with Crippen LogP contribution in [0.5, 0.6) is 0 Å². The van der Waals surface area contributed by atoms with E-state index in [1.54, 1.807) is 6.20 Å². The molecule has 32 heavy (non-hydrogen) atoms. The molecule has 1 saturated heterocycles. The van der Waals surface area contributed by atoms with Crippen molar-refractivity contribution in [2.24, 2.45) is 0 Å². The van der Waals surface area contributed by atoms with Crippen molar-refractivity contribution in [3.8, 4) is 0 Å². The van der Waals surface area contributed by atoms with Crippen molar-refractivity contribution < 1.29 is 0 Å². The number of likely N-dealkylation sites (tertiary alicyclic amines) is 1. The number of halogens is 1. The van der Waals surface area contributed by atoms with Gasteiger partial charge in [0.05, 0.1) is 6.20 Å². The first kappa shape index (κ1) is 22.6. The second-order valence-corrected chi connectivity index (χ2v) is 9.18. The standard InChI is InChI=1S/C24H32ClN7/c1-5-6-18-13-21(15(2)11-19(18)17-7-9-32(4)10-8-17)27-24-26-14-20(25)23(29-24)28-22-12-16(3)30-31-22/h11-14,17H,5-10H2,1-4H3,(H3,26,27,28,29,30,31). The molecule has 1 aliphatic rings. The Kier molecular flexibility index (Phi) is 6.96. The van der Waals surface area contributed by atoms with Gasteiger partial charge in [-0.2, -0.15) is 10.1 Å². The van der Waals surface area contributed by atoms with Gasteiger partial charge in [-0.15, -0.1) is 0 Å². The largest absolute Gasteiger partial charge is 0.324 e. The SMILES string of the molecule is CCCc1cc(Nc2ncc(Cl)c(Nc3cc(C)[nH]n3)n2)c(C)cc1C1CCN(C)CC1. The van der Waals surface area contributed by atoms with Crippen LogP contribution in [0.25, 0.3) is 0 Å². The number of hydrogen-bond donors (Lipinski definition) is 3. The van der Waals surface area contributed by atoms with Crippen LogP contribution >= 0.6 is 11.6 Å². The first-order valence-corrected chi connectivity index (χ1v) is 11.7. The Labute approximate surface area is 195 Å². The van der Waals surface area contributed by atoms with E-state index in [0.717, 1.165) is 24.2 Å². The summed E-state index contributed by atoms with van der Waals surface area (Å²) in [6.07, 6.45) is 6.25. The summed E-state index contributed by atoms with van der Waals surface area (Å²) < 4.78 is 0. The van der Waals surface area contributed by atoms with Gasteiger partial charge in [0.25, 0.3) is 0 Å². The van der Waals surface area contributed by atoms with Crippen LogP contribution in [0.2, 0.25) is 5.02 Å². The Bertz CT molecular complexity index is 1070. The van der Waals surface area contributed by atoms with Crippen molar-refractivity contribution >= 4 is 34.9 Å². The van der Waals surface area contributed by atoms with Crippen LogP contribution in [0, 0.1) is 13.8 Å². The maximum atomic E-state index is 6.31. The van der Waals surface area contributed by atoms with E-state index in [0.29, 0.717) is 28.5 Å². The molecule has 1 aliphatic heterocycles. The molecule has 0 amide bonds. The highest BCUT2D eigenvalue weighted by Crippen LogP contribution is 2.35. The van der Waals surface area contributed by atoms with E-state index in [1.165, 1.54) is 42.6 Å². The lowest BCUT2D eigenvalue weighted by molar-refractivity contribution is 0.255. The van der Waals surface area contributed by atoms with Gasteiger partial charge in [-0.25, -0.2) is 4.98 Å². The summed E-state index contributed by atoms with van der Waals surface area (Å²) in [7, 11) is 2.21. The number of nitrogens with one attached hydrogen (secondary N) is 3. The zero-order valence-corrected chi connectivity index (χ0v) is 20.1. The number of anilines is 4. The van der Waals surface area contributed by atoms with Gasteiger partial charge in [0.2, 0.25) is 5.95 Å². The van der Waals surface area contributed by atoms with Crippen molar-refractivity contribution in [3.63, 3.8) is 0 Å². The van der Waals surface area contributed by atoms with Crippen molar-refractivity contribution in [1.82, 2.24) is 25.1 Å². The molecule has 3 heterocycles. The molecule has 0 radical (unpaired) electrons. The van der Waals surface area contributed by atoms with Crippen LogP contribution in [-0.4, -0.2) is 45.2 Å². The van der Waals surface area contributed by atoms with Gasteiger partial charge in [0.1, 0.15) is 5.02 Å². The summed E-state index contributed by atoms with van der Waals surface area (Å²) in [6, 6.07) is 6.55. The monoisotopic (exact) mass is 453 g/mol. The summed E-state index contributed by atoms with van der Waals surface area (Å²) in [5.41, 5.74) is 6.13. The van der Waals surface area contributed by atoms with Crippen LogP contribution in [0.1, 0.15) is 54.5 Å². The molecule has 2 aromatic heterocycles. The molecule has 1 fully saturated rings. The molecule has 0 unspecified atom stereocenters. The Morgan fingerprint density at radius 1 is 1.16 bits per heavy atom. The normalized spacial score (nSPS) is 15.2. The lowest BCUT2D eigenvalue weighted by Crippen LogP contribution is -2.29. The molecule has 0 atom stereocenters. The number of aromatic nitrogens is 4. The first-order valence-electron chi connectivity index (χ1n) is 11.3. The number of hydrogen-bond acceptors (Lipinski definition) is 6. The molecule has 1 aromatic carbocycles. The second-order valence-electron chi connectivity index (χ2n) is 8.77. The van der Waals surface area contributed by atoms with Crippen LogP contribution in [-0.2, 0) is 6.42 Å². The molecular weight excluding hydrogens is 422 g/mol. The first-order chi connectivity index (χ1) is 15.4. The van der Waals surface area contributed by atoms with Gasteiger partial charge in [-0.05, 0) is 81.9 Å². The fourth-order valence-electron chi connectivity index (χ4n) is 4.33. The summed E-state index contributed by atoms with van der Waals surface area (Å²) >= 11 is 6.31. The molecule has 0 aliphatic carbocycles. The number of aryl methyl sites for hydroxylation is 3. The van der Waals surface area contributed by atoms with Crippen molar-refractivity contribution in [3.05, 3.63) is 51.8 Å². The van der Waals surface area contributed by atoms with Gasteiger partial charge in [0, 0.05) is 17.4 Å². The Morgan fingerprint density at radius 2 is 1.94 bits per heavy atom. The molecule has 8 heteroatoms. The third kappa shape index (κ3) is 5.22. The molecule has 0 bridgehead atoms. The minimum atomic E-state index is 0.442. The predicted octanol–water partition coefficient (Wildman–Crippen LogP) is 5.72. The van der Waals surface area contributed by atoms with Crippen molar-refractivity contribution in [2.45, 2.75) is 52.4 Å². The lowest BCUT2D eigenvalue weighted by Gasteiger charge is -2.31. The predicted molar refractivity (Wildman–Crippen MR) is 132 cm³/mol. The summed E-state index contributed by atoms with van der Waals surface area (Å²) in [6.45, 7) is 8.66. The molecular formula is C24H32ClN7. The average molecular weight is 454 g/mol. The van der Waals surface area contributed by atoms with Gasteiger partial charge in [0.15, 0.2) is 11.6 Å². The smallest absolute Gasteiger partial charge is 0.229 e. The molecule has 7 nitrogen and oxygen atoms in total. The van der Waals surface area contributed by atoms with E-state index in [1.807, 2.05) is 13.0 Å². The minimum absolute atomic E-state index is 0.442. The fraction of sp³-hybridized carbons (Fsp3) is 0.458. The molecule has 0 spiro atoms. The van der Waals surface area contributed by atoms with Gasteiger partial charge < -0.3 is 15.5 Å². The fourth-order valence-corrected chi connectivity index (χ4v) is 4.47. The maximum Gasteiger partial charge on any atom is 0.229 e. The van der Waals surface area contributed by atoms with Crippen LogP contribution in [0.4, 0.5) is 23.3 Å². The molecule has 3 aromatic rings. The van der Waals surface area contributed by atoms with Gasteiger partial charge in [-0.3, -0.25) is 5.10 Å². The van der Waals surface area contributed by atoms with Crippen LogP contribution in [0.3, 0.4) is 0 Å². The number of rotatable bonds is 7. The number of aromatic amines is 1. The van der Waals surface area contributed by atoms with Crippen LogP contribution < -0.4 is 10.6 Å². The molecule has 4 rings (SSSR count). The van der Waals surface area contributed by atoms with E-state index >= 15 is 0 Å². The summed E-state index contributed by atoms with van der Waals surface area (Å²) in [4.78, 5) is 11.4. The second kappa shape index (κ2) is 9.88. The zero-order valence-electron chi connectivity index (χ0n) is 19.3. The number of benzene rings is 1. The third-order valence-electron chi connectivity index (χ3n) is 6.11. The van der Waals surface area contributed by atoms with E-state index in [9.17, 15) is 0 Å². The van der Waals surface area contributed by atoms with Crippen LogP contribution in [0.15, 0.2) is 24.4 Å². The maximum absolute atomic E-state index is 6.31. The van der Waals surface area contributed by atoms with Gasteiger partial charge in [-0.1, -0.05) is 31.0 Å². The minimum Gasteiger partial charge on any atom is -0.324 e. The van der Waals surface area contributed by atoms with E-state index in [-0.39, 0.29) is 0 Å². The quantitative estimate of drug-likeness (QED) is 0.424. The highest BCUT2D eigenvalue weighted by Gasteiger charge is 2.22.